The molecule has 3 heteroatoms. The first-order valence-corrected chi connectivity index (χ1v) is 7.97. The molecular weight excluding hydrogens is 315 g/mol. The summed E-state index contributed by atoms with van der Waals surface area (Å²) in [4.78, 5) is 0. The van der Waals surface area contributed by atoms with Gasteiger partial charge in [0.1, 0.15) is 0 Å². The van der Waals surface area contributed by atoms with Gasteiger partial charge in [-0.05, 0) is 0 Å². The average molecular weight is 320 g/mol. The van der Waals surface area contributed by atoms with Crippen LogP contribution in [-0.2, 0) is 27.7 Å². The van der Waals surface area contributed by atoms with E-state index in [-0.39, 0.29) is 0 Å². The first-order chi connectivity index (χ1) is 4.93. The van der Waals surface area contributed by atoms with Crippen LogP contribution in [0.2, 0.25) is 0 Å². The Hall–Kier alpha value is -0.555. The van der Waals surface area contributed by atoms with E-state index >= 15 is 0 Å². The summed E-state index contributed by atoms with van der Waals surface area (Å²) in [7, 11) is 0. The Morgan fingerprint density at radius 1 is 1.30 bits per heavy atom. The third kappa shape index (κ3) is 2.36. The van der Waals surface area contributed by atoms with Gasteiger partial charge in [0, 0.05) is 0 Å². The summed E-state index contributed by atoms with van der Waals surface area (Å²) in [5, 5.41) is 8.11. The zero-order valence-corrected chi connectivity index (χ0v) is 10.9. The molecule has 0 unspecified atom stereocenters. The van der Waals surface area contributed by atoms with E-state index in [0.717, 1.165) is 0 Å². The van der Waals surface area contributed by atoms with Gasteiger partial charge in [0.15, 0.2) is 0 Å². The zero-order valence-electron chi connectivity index (χ0n) is 5.45. The topological polar surface area (TPSA) is 33.0 Å². The van der Waals surface area contributed by atoms with E-state index in [1.54, 1.807) is 6.26 Å². The molecular formula is C7H5HgNO. The summed E-state index contributed by atoms with van der Waals surface area (Å²) in [6.07, 6.45) is 1.71. The molecule has 1 rings (SSSR count). The second-order valence-electron chi connectivity index (χ2n) is 1.87. The molecule has 0 bridgehead atoms. The van der Waals surface area contributed by atoms with Crippen LogP contribution in [-0.4, -0.2) is 0 Å². The van der Waals surface area contributed by atoms with Gasteiger partial charge in [-0.2, -0.15) is 0 Å². The predicted molar refractivity (Wildman–Crippen MR) is 32.8 cm³/mol. The van der Waals surface area contributed by atoms with Gasteiger partial charge in [0.2, 0.25) is 0 Å². The van der Waals surface area contributed by atoms with E-state index in [9.17, 15) is 0 Å². The van der Waals surface area contributed by atoms with Gasteiger partial charge in [0.05, 0.1) is 0 Å². The number of rotatable bonds is 2. The van der Waals surface area contributed by atoms with Gasteiger partial charge in [-0.3, -0.25) is 0 Å². The monoisotopic (exact) mass is 321 g/mol. The van der Waals surface area contributed by atoms with Crippen LogP contribution in [0.3, 0.4) is 0 Å². The fourth-order valence-corrected chi connectivity index (χ4v) is 3.39. The molecule has 0 spiro atoms. The molecule has 0 aliphatic rings. The molecule has 2 nitrogen and oxygen atoms in total. The van der Waals surface area contributed by atoms with Gasteiger partial charge in [-0.25, -0.2) is 0 Å². The molecule has 1 aromatic carbocycles. The van der Waals surface area contributed by atoms with Gasteiger partial charge >= 0.3 is 72.6 Å². The van der Waals surface area contributed by atoms with Crippen LogP contribution in [0.1, 0.15) is 0 Å². The van der Waals surface area contributed by atoms with Crippen molar-refractivity contribution in [2.45, 2.75) is 0 Å². The van der Waals surface area contributed by atoms with Crippen molar-refractivity contribution in [3.8, 4) is 6.26 Å². The third-order valence-corrected chi connectivity index (χ3v) is 5.34. The van der Waals surface area contributed by atoms with Crippen LogP contribution in [0, 0.1) is 11.5 Å². The molecule has 0 saturated carbocycles. The second kappa shape index (κ2) is 4.29. The van der Waals surface area contributed by atoms with Gasteiger partial charge < -0.3 is 0 Å². The second-order valence-corrected chi connectivity index (χ2v) is 7.28. The fraction of sp³-hybridized carbons (Fsp3) is 0. The number of nitrogens with zero attached hydrogens (tertiary/aromatic N) is 1. The molecule has 0 N–H and O–H groups in total. The summed E-state index contributed by atoms with van der Waals surface area (Å²) in [5.74, 6) is 0. The quantitative estimate of drug-likeness (QED) is 0.597. The van der Waals surface area contributed by atoms with Crippen molar-refractivity contribution in [1.82, 2.24) is 0 Å². The Morgan fingerprint density at radius 3 is 2.60 bits per heavy atom. The summed E-state index contributed by atoms with van der Waals surface area (Å²) >= 11 is -1.46. The summed E-state index contributed by atoms with van der Waals surface area (Å²) < 4.78 is 5.99. The number of nitriles is 1. The van der Waals surface area contributed by atoms with Crippen LogP contribution >= 0.6 is 0 Å². The van der Waals surface area contributed by atoms with E-state index in [2.05, 4.69) is 0 Å². The van der Waals surface area contributed by atoms with Crippen molar-refractivity contribution in [3.63, 3.8) is 0 Å². The Bertz CT molecular complexity index is 229. The van der Waals surface area contributed by atoms with Crippen LogP contribution in [0.5, 0.6) is 0 Å². The van der Waals surface area contributed by atoms with Crippen molar-refractivity contribution < 1.29 is 27.7 Å². The van der Waals surface area contributed by atoms with E-state index < -0.39 is 25.0 Å². The molecule has 0 aliphatic carbocycles. The van der Waals surface area contributed by atoms with Crippen molar-refractivity contribution in [2.75, 3.05) is 0 Å². The molecule has 0 aromatic heterocycles. The van der Waals surface area contributed by atoms with Gasteiger partial charge in [-0.15, -0.1) is 0 Å². The minimum absolute atomic E-state index is 1.24. The molecule has 0 heterocycles. The minimum atomic E-state index is -1.46. The maximum atomic E-state index is 8.11. The summed E-state index contributed by atoms with van der Waals surface area (Å²) in [6, 6.07) is 9.92. The average Bonchev–Trinajstić information content (AvgIpc) is 2.03. The fourth-order valence-electron chi connectivity index (χ4n) is 0.690. The summed E-state index contributed by atoms with van der Waals surface area (Å²) in [6.45, 7) is 0. The van der Waals surface area contributed by atoms with Crippen molar-refractivity contribution in [1.29, 1.82) is 5.26 Å². The van der Waals surface area contributed by atoms with E-state index in [1.165, 1.54) is 3.07 Å². The van der Waals surface area contributed by atoms with Gasteiger partial charge in [-0.1, -0.05) is 0 Å². The zero-order chi connectivity index (χ0) is 7.23. The SMILES string of the molecule is N#C[O][Hg][c]1ccccc1. The first-order valence-electron chi connectivity index (χ1n) is 2.98. The molecule has 0 aliphatic heterocycles. The normalized spacial score (nSPS) is 7.50. The van der Waals surface area contributed by atoms with Crippen molar-refractivity contribution >= 4 is 3.07 Å². The molecule has 46 valence electrons. The number of hydrogen-bond acceptors (Lipinski definition) is 2. The molecule has 1 aromatic rings. The van der Waals surface area contributed by atoms with Crippen LogP contribution in [0.4, 0.5) is 0 Å². The molecule has 0 fully saturated rings. The maximum absolute atomic E-state index is 8.11. The van der Waals surface area contributed by atoms with Crippen LogP contribution in [0.15, 0.2) is 30.3 Å². The first kappa shape index (κ1) is 7.55. The van der Waals surface area contributed by atoms with E-state index in [1.807, 2.05) is 30.3 Å². The van der Waals surface area contributed by atoms with E-state index in [0.29, 0.717) is 0 Å². The molecule has 0 radical (unpaired) electrons. The number of benzene rings is 1. The molecule has 0 saturated heterocycles. The van der Waals surface area contributed by atoms with Crippen LogP contribution < -0.4 is 3.07 Å². The summed E-state index contributed by atoms with van der Waals surface area (Å²) in [5.41, 5.74) is 0. The molecule has 0 atom stereocenters. The predicted octanol–water partition coefficient (Wildman–Crippen LogP) is 0.807. The van der Waals surface area contributed by atoms with Gasteiger partial charge in [0.25, 0.3) is 0 Å². The van der Waals surface area contributed by atoms with Crippen LogP contribution in [0.25, 0.3) is 0 Å². The van der Waals surface area contributed by atoms with Crippen molar-refractivity contribution in [3.05, 3.63) is 30.3 Å². The Labute approximate surface area is 72.5 Å². The standard InChI is InChI=1S/C6H5.CHNO.Hg/c1-2-4-6-5-3-1;2-1-3;/h1-5H;3H;/q;;+1/p-1. The Kier molecular flexibility index (Phi) is 3.24. The Morgan fingerprint density at radius 2 is 2.00 bits per heavy atom. The van der Waals surface area contributed by atoms with Crippen molar-refractivity contribution in [2.24, 2.45) is 0 Å². The molecule has 0 amide bonds. The number of hydrogen-bond donors (Lipinski definition) is 0. The molecule has 10 heavy (non-hydrogen) atoms. The third-order valence-electron chi connectivity index (χ3n) is 1.15. The van der Waals surface area contributed by atoms with E-state index in [4.69, 9.17) is 7.91 Å². The Balaban J connectivity index is 2.52.